The summed E-state index contributed by atoms with van der Waals surface area (Å²) >= 11 is 6.29. The molecule has 1 fully saturated rings. The number of hydrogen-bond acceptors (Lipinski definition) is 4. The lowest BCUT2D eigenvalue weighted by Crippen LogP contribution is -2.52. The summed E-state index contributed by atoms with van der Waals surface area (Å²) in [4.78, 5) is 13.2. The number of hydrogen-bond donors (Lipinski definition) is 1. The van der Waals surface area contributed by atoms with Crippen molar-refractivity contribution in [2.24, 2.45) is 0 Å². The van der Waals surface area contributed by atoms with Crippen LogP contribution in [-0.4, -0.2) is 24.7 Å². The zero-order valence-corrected chi connectivity index (χ0v) is 16.3. The third-order valence-electron chi connectivity index (χ3n) is 5.29. The Kier molecular flexibility index (Phi) is 5.17. The maximum atomic E-state index is 14.6. The molecular weight excluding hydrogens is 445 g/mol. The SMILES string of the molecule is N#Cc1c(F)cc2c(c1Cl)N1CCC[C@H](NC(=O)C(F)(F)F)[C@H]1c1cccc(F)c1O2. The van der Waals surface area contributed by atoms with E-state index in [9.17, 15) is 32.0 Å². The molecule has 4 rings (SSSR count). The van der Waals surface area contributed by atoms with Gasteiger partial charge >= 0.3 is 12.1 Å². The van der Waals surface area contributed by atoms with Crippen molar-refractivity contribution in [2.45, 2.75) is 31.1 Å². The molecule has 0 radical (unpaired) electrons. The molecule has 0 aromatic heterocycles. The Morgan fingerprint density at radius 3 is 2.71 bits per heavy atom. The molecule has 11 heteroatoms. The van der Waals surface area contributed by atoms with E-state index >= 15 is 0 Å². The second kappa shape index (κ2) is 7.57. The number of carbonyl (C=O) groups excluding carboxylic acids is 1. The molecule has 0 spiro atoms. The maximum absolute atomic E-state index is 14.6. The van der Waals surface area contributed by atoms with E-state index < -0.39 is 41.4 Å². The first-order valence-electron chi connectivity index (χ1n) is 9.16. The molecule has 2 aliphatic rings. The molecule has 2 aromatic rings. The normalized spacial score (nSPS) is 19.8. The Labute approximate surface area is 178 Å². The average Bonchev–Trinajstić information content (AvgIpc) is 2.83. The Hall–Kier alpha value is -3.06. The summed E-state index contributed by atoms with van der Waals surface area (Å²) in [6.07, 6.45) is -4.60. The summed E-state index contributed by atoms with van der Waals surface area (Å²) in [5.74, 6) is -4.44. The highest BCUT2D eigenvalue weighted by atomic mass is 35.5. The number of anilines is 1. The number of ether oxygens (including phenoxy) is 1. The lowest BCUT2D eigenvalue weighted by molar-refractivity contribution is -0.174. The second-order valence-corrected chi connectivity index (χ2v) is 7.50. The molecule has 2 aromatic carbocycles. The number of nitrogens with zero attached hydrogens (tertiary/aromatic N) is 2. The van der Waals surface area contributed by atoms with Crippen LogP contribution in [0.2, 0.25) is 5.02 Å². The minimum atomic E-state index is -5.11. The molecule has 2 aliphatic heterocycles. The van der Waals surface area contributed by atoms with Gasteiger partial charge in [0.15, 0.2) is 17.3 Å². The maximum Gasteiger partial charge on any atom is 0.471 e. The highest BCUT2D eigenvalue weighted by molar-refractivity contribution is 6.35. The lowest BCUT2D eigenvalue weighted by atomic mass is 9.89. The number of piperidine rings is 1. The number of benzene rings is 2. The minimum absolute atomic E-state index is 0.0474. The quantitative estimate of drug-likeness (QED) is 0.613. The number of nitrogens with one attached hydrogen (secondary N) is 1. The summed E-state index contributed by atoms with van der Waals surface area (Å²) in [7, 11) is 0. The van der Waals surface area contributed by atoms with Crippen molar-refractivity contribution in [3.05, 3.63) is 52.0 Å². The van der Waals surface area contributed by atoms with E-state index in [1.54, 1.807) is 6.07 Å². The smallest absolute Gasteiger partial charge is 0.452 e. The number of nitriles is 1. The fraction of sp³-hybridized carbons (Fsp3) is 0.300. The van der Waals surface area contributed by atoms with Crippen molar-refractivity contribution in [1.82, 2.24) is 5.32 Å². The van der Waals surface area contributed by atoms with E-state index in [1.807, 2.05) is 5.32 Å². The third kappa shape index (κ3) is 3.53. The van der Waals surface area contributed by atoms with Crippen LogP contribution in [0.1, 0.15) is 30.0 Å². The molecule has 2 heterocycles. The average molecular weight is 458 g/mol. The number of amides is 1. The minimum Gasteiger partial charge on any atom is -0.452 e. The summed E-state index contributed by atoms with van der Waals surface area (Å²) in [6.45, 7) is 0.242. The van der Waals surface area contributed by atoms with Gasteiger partial charge in [-0.1, -0.05) is 23.7 Å². The van der Waals surface area contributed by atoms with Gasteiger partial charge in [0.2, 0.25) is 0 Å². The second-order valence-electron chi connectivity index (χ2n) is 7.12. The first kappa shape index (κ1) is 21.2. The van der Waals surface area contributed by atoms with Crippen molar-refractivity contribution < 1.29 is 31.5 Å². The van der Waals surface area contributed by atoms with Crippen LogP contribution in [0, 0.1) is 23.0 Å². The molecule has 1 amide bonds. The topological polar surface area (TPSA) is 65.4 Å². The molecule has 0 bridgehead atoms. The van der Waals surface area contributed by atoms with Crippen LogP contribution in [-0.2, 0) is 4.79 Å². The summed E-state index contributed by atoms with van der Waals surface area (Å²) < 4.78 is 73.3. The van der Waals surface area contributed by atoms with Gasteiger partial charge in [-0.05, 0) is 18.9 Å². The Morgan fingerprint density at radius 1 is 1.29 bits per heavy atom. The van der Waals surface area contributed by atoms with Gasteiger partial charge in [-0.2, -0.15) is 18.4 Å². The zero-order chi connectivity index (χ0) is 22.5. The van der Waals surface area contributed by atoms with Crippen molar-refractivity contribution in [3.8, 4) is 17.6 Å². The monoisotopic (exact) mass is 457 g/mol. The van der Waals surface area contributed by atoms with Gasteiger partial charge in [-0.3, -0.25) is 4.79 Å². The van der Waals surface area contributed by atoms with Crippen LogP contribution in [0.25, 0.3) is 0 Å². The van der Waals surface area contributed by atoms with Gasteiger partial charge in [0.05, 0.1) is 17.1 Å². The lowest BCUT2D eigenvalue weighted by Gasteiger charge is -2.42. The highest BCUT2D eigenvalue weighted by Gasteiger charge is 2.45. The van der Waals surface area contributed by atoms with Crippen molar-refractivity contribution >= 4 is 23.2 Å². The van der Waals surface area contributed by atoms with Crippen LogP contribution in [0.3, 0.4) is 0 Å². The molecule has 0 unspecified atom stereocenters. The number of para-hydroxylation sites is 1. The Morgan fingerprint density at radius 2 is 2.03 bits per heavy atom. The van der Waals surface area contributed by atoms with E-state index in [0.29, 0.717) is 6.42 Å². The first-order chi connectivity index (χ1) is 14.6. The highest BCUT2D eigenvalue weighted by Crippen LogP contribution is 2.52. The zero-order valence-electron chi connectivity index (χ0n) is 15.6. The van der Waals surface area contributed by atoms with E-state index in [1.165, 1.54) is 17.0 Å². The summed E-state index contributed by atoms with van der Waals surface area (Å²) in [5.41, 5.74) is -0.264. The van der Waals surface area contributed by atoms with Crippen LogP contribution < -0.4 is 15.0 Å². The fourth-order valence-electron chi connectivity index (χ4n) is 4.04. The van der Waals surface area contributed by atoms with Gasteiger partial charge in [-0.25, -0.2) is 8.78 Å². The standard InChI is InChI=1S/C20H13ClF5N3O2/c21-15-10(8-27)12(23)7-14-17(15)29-6-2-5-13(28-19(30)20(24,25)26)16(29)9-3-1-4-11(22)18(9)31-14/h1,3-4,7,13,16H,2,5-6H2,(H,28,30)/t13-,16+/m0/s1. The van der Waals surface area contributed by atoms with Gasteiger partial charge in [0.25, 0.3) is 0 Å². The van der Waals surface area contributed by atoms with Crippen LogP contribution in [0.4, 0.5) is 27.6 Å². The van der Waals surface area contributed by atoms with Crippen LogP contribution >= 0.6 is 11.6 Å². The van der Waals surface area contributed by atoms with E-state index in [-0.39, 0.29) is 40.7 Å². The summed E-state index contributed by atoms with van der Waals surface area (Å²) in [6, 6.07) is 4.34. The van der Waals surface area contributed by atoms with Gasteiger partial charge in [-0.15, -0.1) is 0 Å². The molecule has 31 heavy (non-hydrogen) atoms. The van der Waals surface area contributed by atoms with E-state index in [4.69, 9.17) is 16.3 Å². The number of fused-ring (bicyclic) bond motifs is 5. The molecule has 5 nitrogen and oxygen atoms in total. The number of carbonyl (C=O) groups is 1. The fourth-order valence-corrected chi connectivity index (χ4v) is 4.38. The van der Waals surface area contributed by atoms with Crippen LogP contribution in [0.5, 0.6) is 11.5 Å². The molecule has 162 valence electrons. The molecular formula is C20H13ClF5N3O2. The summed E-state index contributed by atoms with van der Waals surface area (Å²) in [5, 5.41) is 10.9. The number of halogens is 6. The Balaban J connectivity index is 1.93. The van der Waals surface area contributed by atoms with E-state index in [0.717, 1.165) is 12.1 Å². The number of rotatable bonds is 1. The van der Waals surface area contributed by atoms with Gasteiger partial charge in [0, 0.05) is 18.2 Å². The Bertz CT molecular complexity index is 1120. The first-order valence-corrected chi connectivity index (χ1v) is 9.54. The number of alkyl halides is 3. The van der Waals surface area contributed by atoms with E-state index in [2.05, 4.69) is 0 Å². The predicted molar refractivity (Wildman–Crippen MR) is 99.9 cm³/mol. The van der Waals surface area contributed by atoms with Crippen molar-refractivity contribution in [2.75, 3.05) is 11.4 Å². The predicted octanol–water partition coefficient (Wildman–Crippen LogP) is 4.98. The molecule has 2 atom stereocenters. The molecule has 1 saturated heterocycles. The molecule has 0 saturated carbocycles. The molecule has 0 aliphatic carbocycles. The van der Waals surface area contributed by atoms with Gasteiger partial charge < -0.3 is 15.0 Å². The van der Waals surface area contributed by atoms with Crippen LogP contribution in [0.15, 0.2) is 24.3 Å². The molecule has 1 N–H and O–H groups in total. The largest absolute Gasteiger partial charge is 0.471 e. The third-order valence-corrected chi connectivity index (χ3v) is 5.66. The van der Waals surface area contributed by atoms with Crippen molar-refractivity contribution in [3.63, 3.8) is 0 Å². The van der Waals surface area contributed by atoms with Crippen molar-refractivity contribution in [1.29, 1.82) is 5.26 Å². The van der Waals surface area contributed by atoms with Gasteiger partial charge in [0.1, 0.15) is 23.1 Å².